The van der Waals surface area contributed by atoms with Gasteiger partial charge in [0.1, 0.15) is 12.1 Å². The quantitative estimate of drug-likeness (QED) is 0.219. The van der Waals surface area contributed by atoms with Gasteiger partial charge >= 0.3 is 0 Å². The molecule has 36 heavy (non-hydrogen) atoms. The number of hydrogen-bond acceptors (Lipinski definition) is 4. The van der Waals surface area contributed by atoms with Crippen LogP contribution >= 0.6 is 92.8 Å². The van der Waals surface area contributed by atoms with Gasteiger partial charge in [-0.3, -0.25) is 9.59 Å². The minimum Gasteiger partial charge on any atom is -0.322 e. The lowest BCUT2D eigenvalue weighted by Gasteiger charge is -2.14. The van der Waals surface area contributed by atoms with Gasteiger partial charge in [-0.2, -0.15) is 10.5 Å². The van der Waals surface area contributed by atoms with Crippen LogP contribution in [0.25, 0.3) is 0 Å². The maximum atomic E-state index is 12.8. The van der Waals surface area contributed by atoms with E-state index in [1.54, 1.807) is 12.1 Å². The van der Waals surface area contributed by atoms with Crippen LogP contribution in [-0.2, 0) is 0 Å². The van der Waals surface area contributed by atoms with Crippen molar-refractivity contribution >= 4 is 116 Å². The summed E-state index contributed by atoms with van der Waals surface area (Å²) in [6.07, 6.45) is 0. The first-order valence-corrected chi connectivity index (χ1v) is 12.2. The zero-order valence-electron chi connectivity index (χ0n) is 17.0. The molecule has 0 bridgehead atoms. The van der Waals surface area contributed by atoms with Gasteiger partial charge in [-0.05, 0) is 24.3 Å². The highest BCUT2D eigenvalue weighted by molar-refractivity contribution is 6.54. The molecular weight excluding hydrogens is 636 g/mol. The average Bonchev–Trinajstić information content (AvgIpc) is 2.86. The van der Waals surface area contributed by atoms with Gasteiger partial charge in [0.05, 0.1) is 62.4 Å². The Morgan fingerprint density at radius 1 is 0.528 bits per heavy atom. The van der Waals surface area contributed by atoms with E-state index < -0.39 is 11.8 Å². The van der Waals surface area contributed by atoms with E-state index in [1.807, 2.05) is 0 Å². The van der Waals surface area contributed by atoms with Crippen molar-refractivity contribution in [1.82, 2.24) is 0 Å². The average molecular weight is 642 g/mol. The number of nitrogens with one attached hydrogen (secondary N) is 2. The van der Waals surface area contributed by atoms with E-state index >= 15 is 0 Å². The number of nitrogens with zero attached hydrogens (tertiary/aromatic N) is 2. The molecule has 0 unspecified atom stereocenters. The highest BCUT2D eigenvalue weighted by atomic mass is 35.5. The Labute approximate surface area is 244 Å². The van der Waals surface area contributed by atoms with Gasteiger partial charge in [0.25, 0.3) is 11.8 Å². The van der Waals surface area contributed by atoms with Gasteiger partial charge in [-0.25, -0.2) is 0 Å². The van der Waals surface area contributed by atoms with Gasteiger partial charge < -0.3 is 10.6 Å². The van der Waals surface area contributed by atoms with Crippen LogP contribution in [0.15, 0.2) is 24.3 Å². The minimum atomic E-state index is -0.773. The van der Waals surface area contributed by atoms with Crippen LogP contribution in [0.4, 0.5) is 11.4 Å². The molecule has 2 N–H and O–H groups in total. The number of amides is 2. The van der Waals surface area contributed by atoms with Gasteiger partial charge in [-0.1, -0.05) is 92.8 Å². The Morgan fingerprint density at radius 2 is 0.806 bits per heavy atom. The summed E-state index contributed by atoms with van der Waals surface area (Å²) in [5.74, 6) is -1.55. The topological polar surface area (TPSA) is 106 Å². The summed E-state index contributed by atoms with van der Waals surface area (Å²) in [5.41, 5.74) is -0.468. The summed E-state index contributed by atoms with van der Waals surface area (Å²) in [6, 6.07) is 9.35. The Bertz CT molecular complexity index is 1410. The van der Waals surface area contributed by atoms with Crippen molar-refractivity contribution in [2.24, 2.45) is 0 Å². The zero-order chi connectivity index (χ0) is 26.9. The van der Waals surface area contributed by atoms with E-state index in [2.05, 4.69) is 10.6 Å². The third kappa shape index (κ3) is 5.29. The van der Waals surface area contributed by atoms with Crippen molar-refractivity contribution in [1.29, 1.82) is 10.5 Å². The van der Waals surface area contributed by atoms with Gasteiger partial charge in [0, 0.05) is 11.4 Å². The Morgan fingerprint density at radius 3 is 1.08 bits per heavy atom. The summed E-state index contributed by atoms with van der Waals surface area (Å²) in [5, 5.41) is 22.3. The fraction of sp³-hybridized carbons (Fsp3) is 0. The number of anilines is 2. The molecule has 0 saturated carbocycles. The highest BCUT2D eigenvalue weighted by Crippen LogP contribution is 2.42. The lowest BCUT2D eigenvalue weighted by atomic mass is 10.1. The second kappa shape index (κ2) is 11.5. The van der Waals surface area contributed by atoms with E-state index in [4.69, 9.17) is 92.8 Å². The van der Waals surface area contributed by atoms with Gasteiger partial charge in [0.15, 0.2) is 0 Å². The van der Waals surface area contributed by atoms with Gasteiger partial charge in [0.2, 0.25) is 0 Å². The van der Waals surface area contributed by atoms with E-state index in [-0.39, 0.29) is 73.8 Å². The molecule has 0 aliphatic rings. The molecule has 3 rings (SSSR count). The van der Waals surface area contributed by atoms with Crippen LogP contribution in [0.2, 0.25) is 40.2 Å². The van der Waals surface area contributed by atoms with Crippen LogP contribution in [0.3, 0.4) is 0 Å². The van der Waals surface area contributed by atoms with E-state index in [0.717, 1.165) is 0 Å². The van der Waals surface area contributed by atoms with Crippen LogP contribution in [0.5, 0.6) is 0 Å². The van der Waals surface area contributed by atoms with Crippen molar-refractivity contribution in [2.75, 3.05) is 10.6 Å². The standard InChI is InChI=1S/C22H6Cl8N4O2/c23-13-9(5-31)11(15(25)19(29)17(13)27)21(35)33-7-1-2-8(4-3-7)34-22(36)12-10(6-32)14(24)18(28)20(30)16(12)26/h1-4H,(H,33,35)(H,34,36). The molecular formula is C22H6Cl8N4O2. The molecule has 0 spiro atoms. The molecule has 0 heterocycles. The lowest BCUT2D eigenvalue weighted by molar-refractivity contribution is 0.101. The molecule has 0 aliphatic carbocycles. The van der Waals surface area contributed by atoms with Crippen LogP contribution < -0.4 is 10.6 Å². The zero-order valence-corrected chi connectivity index (χ0v) is 23.1. The molecule has 14 heteroatoms. The van der Waals surface area contributed by atoms with Gasteiger partial charge in [-0.15, -0.1) is 0 Å². The fourth-order valence-corrected chi connectivity index (χ4v) is 4.89. The Balaban J connectivity index is 1.86. The Hall–Kier alpha value is -2.10. The smallest absolute Gasteiger partial charge is 0.258 e. The summed E-state index contributed by atoms with van der Waals surface area (Å²) in [7, 11) is 0. The second-order valence-electron chi connectivity index (χ2n) is 6.72. The lowest BCUT2D eigenvalue weighted by Crippen LogP contribution is -2.16. The summed E-state index contributed by atoms with van der Waals surface area (Å²) in [6.45, 7) is 0. The third-order valence-electron chi connectivity index (χ3n) is 4.61. The minimum absolute atomic E-state index is 0.153. The molecule has 3 aromatic carbocycles. The maximum absolute atomic E-state index is 12.8. The van der Waals surface area contributed by atoms with E-state index in [0.29, 0.717) is 0 Å². The first kappa shape index (κ1) is 28.5. The number of rotatable bonds is 4. The number of halogens is 8. The number of hydrogen-bond donors (Lipinski definition) is 2. The first-order chi connectivity index (χ1) is 16.9. The normalized spacial score (nSPS) is 10.4. The van der Waals surface area contributed by atoms with Crippen LogP contribution in [0.1, 0.15) is 31.8 Å². The highest BCUT2D eigenvalue weighted by Gasteiger charge is 2.26. The molecule has 0 saturated heterocycles. The van der Waals surface area contributed by atoms with Crippen molar-refractivity contribution in [3.8, 4) is 12.1 Å². The second-order valence-corrected chi connectivity index (χ2v) is 9.74. The molecule has 3 aromatic rings. The fourth-order valence-electron chi connectivity index (χ4n) is 2.92. The van der Waals surface area contributed by atoms with E-state index in [1.165, 1.54) is 24.3 Å². The van der Waals surface area contributed by atoms with Crippen molar-refractivity contribution < 1.29 is 9.59 Å². The summed E-state index contributed by atoms with van der Waals surface area (Å²) >= 11 is 48.2. The summed E-state index contributed by atoms with van der Waals surface area (Å²) in [4.78, 5) is 25.6. The maximum Gasteiger partial charge on any atom is 0.258 e. The first-order valence-electron chi connectivity index (χ1n) is 9.19. The molecule has 0 fully saturated rings. The molecule has 0 radical (unpaired) electrons. The number of nitriles is 2. The third-order valence-corrected chi connectivity index (χ3v) is 8.22. The molecule has 2 amide bonds. The number of benzene rings is 3. The largest absolute Gasteiger partial charge is 0.322 e. The molecule has 0 aromatic heterocycles. The van der Waals surface area contributed by atoms with Crippen LogP contribution in [0, 0.1) is 22.7 Å². The van der Waals surface area contributed by atoms with Crippen molar-refractivity contribution in [3.63, 3.8) is 0 Å². The monoisotopic (exact) mass is 638 g/mol. The van der Waals surface area contributed by atoms with E-state index in [9.17, 15) is 20.1 Å². The SMILES string of the molecule is N#Cc1c(Cl)c(Cl)c(Cl)c(Cl)c1C(=O)Nc1ccc(NC(=O)c2c(Cl)c(Cl)c(Cl)c(Cl)c2C#N)cc1. The predicted octanol–water partition coefficient (Wildman–Crippen LogP) is 9.16. The number of carbonyl (C=O) groups is 2. The molecule has 0 atom stereocenters. The Kier molecular flexibility index (Phi) is 9.11. The van der Waals surface area contributed by atoms with Crippen molar-refractivity contribution in [2.45, 2.75) is 0 Å². The molecule has 182 valence electrons. The molecule has 0 aliphatic heterocycles. The van der Waals surface area contributed by atoms with Crippen LogP contribution in [-0.4, -0.2) is 11.8 Å². The van der Waals surface area contributed by atoms with Crippen molar-refractivity contribution in [3.05, 3.63) is 86.7 Å². The predicted molar refractivity (Wildman–Crippen MR) is 145 cm³/mol. The summed E-state index contributed by atoms with van der Waals surface area (Å²) < 4.78 is 0. The molecule has 6 nitrogen and oxygen atoms in total. The number of carbonyl (C=O) groups excluding carboxylic acids is 2.